The number of hydrazone groups is 1. The summed E-state index contributed by atoms with van der Waals surface area (Å²) in [5, 5.41) is 12.4. The standard InChI is InChI=1S/C15H18ClN5OS/c1-11-13(10-18-19-15(23)17-8-9-22-2)14(16)21(20-11)12-6-4-3-5-7-12/h3-7,10H,8-9H2,1-2H3,(H2,17,19,23)/b18-10+. The maximum Gasteiger partial charge on any atom is 0.187 e. The molecule has 0 spiro atoms. The smallest absolute Gasteiger partial charge is 0.187 e. The van der Waals surface area contributed by atoms with Crippen LogP contribution in [0.25, 0.3) is 5.69 Å². The minimum absolute atomic E-state index is 0.419. The number of rotatable bonds is 6. The third kappa shape index (κ3) is 4.75. The minimum Gasteiger partial charge on any atom is -0.383 e. The summed E-state index contributed by atoms with van der Waals surface area (Å²) in [6.45, 7) is 3.06. The van der Waals surface area contributed by atoms with E-state index in [1.165, 1.54) is 0 Å². The van der Waals surface area contributed by atoms with Crippen molar-refractivity contribution in [2.75, 3.05) is 20.3 Å². The number of hydrogen-bond acceptors (Lipinski definition) is 4. The topological polar surface area (TPSA) is 63.5 Å². The Hall–Kier alpha value is -1.96. The lowest BCUT2D eigenvalue weighted by Crippen LogP contribution is -2.34. The van der Waals surface area contributed by atoms with Gasteiger partial charge in [0.05, 0.1) is 29.8 Å². The van der Waals surface area contributed by atoms with Crippen molar-refractivity contribution in [1.29, 1.82) is 0 Å². The number of nitrogens with zero attached hydrogens (tertiary/aromatic N) is 3. The summed E-state index contributed by atoms with van der Waals surface area (Å²) >= 11 is 11.5. The first kappa shape index (κ1) is 17.4. The Kier molecular flexibility index (Phi) is 6.52. The van der Waals surface area contributed by atoms with E-state index >= 15 is 0 Å². The zero-order valence-corrected chi connectivity index (χ0v) is 14.5. The Morgan fingerprint density at radius 3 is 2.87 bits per heavy atom. The fourth-order valence-corrected chi connectivity index (χ4v) is 2.34. The number of thiocarbonyl (C=S) groups is 1. The summed E-state index contributed by atoms with van der Waals surface area (Å²) in [5.41, 5.74) is 5.14. The van der Waals surface area contributed by atoms with Crippen LogP contribution in [0, 0.1) is 6.92 Å². The average Bonchev–Trinajstić information content (AvgIpc) is 2.84. The molecule has 0 aliphatic heterocycles. The number of ether oxygens (including phenoxy) is 1. The Morgan fingerprint density at radius 2 is 2.17 bits per heavy atom. The highest BCUT2D eigenvalue weighted by Gasteiger charge is 2.12. The van der Waals surface area contributed by atoms with Gasteiger partial charge in [-0.1, -0.05) is 29.8 Å². The maximum atomic E-state index is 6.40. The third-order valence-electron chi connectivity index (χ3n) is 3.00. The predicted molar refractivity (Wildman–Crippen MR) is 96.5 cm³/mol. The Labute approximate surface area is 145 Å². The van der Waals surface area contributed by atoms with E-state index in [-0.39, 0.29) is 0 Å². The highest BCUT2D eigenvalue weighted by Crippen LogP contribution is 2.21. The molecule has 0 amide bonds. The van der Waals surface area contributed by atoms with E-state index in [0.717, 1.165) is 16.9 Å². The van der Waals surface area contributed by atoms with Crippen LogP contribution in [-0.2, 0) is 4.74 Å². The van der Waals surface area contributed by atoms with Crippen LogP contribution in [0.2, 0.25) is 5.15 Å². The quantitative estimate of drug-likeness (QED) is 0.362. The van der Waals surface area contributed by atoms with Gasteiger partial charge in [0, 0.05) is 13.7 Å². The van der Waals surface area contributed by atoms with Crippen molar-refractivity contribution in [3.8, 4) is 5.69 Å². The lowest BCUT2D eigenvalue weighted by molar-refractivity contribution is 0.204. The van der Waals surface area contributed by atoms with E-state index in [1.807, 2.05) is 37.3 Å². The van der Waals surface area contributed by atoms with Gasteiger partial charge >= 0.3 is 0 Å². The summed E-state index contributed by atoms with van der Waals surface area (Å²) in [6.07, 6.45) is 1.61. The molecule has 0 saturated heterocycles. The fraction of sp³-hybridized carbons (Fsp3) is 0.267. The van der Waals surface area contributed by atoms with E-state index < -0.39 is 0 Å². The molecule has 0 bridgehead atoms. The average molecular weight is 352 g/mol. The van der Waals surface area contributed by atoms with Gasteiger partial charge in [0.1, 0.15) is 5.15 Å². The van der Waals surface area contributed by atoms with Gasteiger partial charge in [-0.3, -0.25) is 5.43 Å². The molecule has 6 nitrogen and oxygen atoms in total. The van der Waals surface area contributed by atoms with E-state index in [0.29, 0.717) is 23.4 Å². The molecule has 0 radical (unpaired) electrons. The number of halogens is 1. The van der Waals surface area contributed by atoms with Gasteiger partial charge in [-0.25, -0.2) is 4.68 Å². The lowest BCUT2D eigenvalue weighted by Gasteiger charge is -2.05. The van der Waals surface area contributed by atoms with Gasteiger partial charge in [-0.2, -0.15) is 10.2 Å². The van der Waals surface area contributed by atoms with Crippen LogP contribution in [0.1, 0.15) is 11.3 Å². The summed E-state index contributed by atoms with van der Waals surface area (Å²) in [7, 11) is 1.63. The molecule has 1 aromatic heterocycles. The van der Waals surface area contributed by atoms with Crippen LogP contribution in [0.4, 0.5) is 0 Å². The fourth-order valence-electron chi connectivity index (χ4n) is 1.86. The zero-order chi connectivity index (χ0) is 16.7. The first-order valence-electron chi connectivity index (χ1n) is 7.00. The number of para-hydroxylation sites is 1. The van der Waals surface area contributed by atoms with Crippen molar-refractivity contribution in [3.05, 3.63) is 46.7 Å². The first-order valence-corrected chi connectivity index (χ1v) is 7.78. The Morgan fingerprint density at radius 1 is 1.43 bits per heavy atom. The monoisotopic (exact) mass is 351 g/mol. The van der Waals surface area contributed by atoms with E-state index in [4.69, 9.17) is 28.6 Å². The van der Waals surface area contributed by atoms with Crippen molar-refractivity contribution in [3.63, 3.8) is 0 Å². The van der Waals surface area contributed by atoms with Gasteiger partial charge in [0.25, 0.3) is 0 Å². The molecule has 1 aromatic carbocycles. The second kappa shape index (κ2) is 8.61. The van der Waals surface area contributed by atoms with Crippen LogP contribution >= 0.6 is 23.8 Å². The molecule has 1 heterocycles. The van der Waals surface area contributed by atoms with Crippen molar-refractivity contribution < 1.29 is 4.74 Å². The molecule has 122 valence electrons. The summed E-state index contributed by atoms with van der Waals surface area (Å²) in [6, 6.07) is 9.68. The summed E-state index contributed by atoms with van der Waals surface area (Å²) in [5.74, 6) is 0. The first-order chi connectivity index (χ1) is 11.1. The maximum absolute atomic E-state index is 6.40. The molecule has 0 fully saturated rings. The van der Waals surface area contributed by atoms with Crippen LogP contribution in [0.15, 0.2) is 35.4 Å². The number of aromatic nitrogens is 2. The third-order valence-corrected chi connectivity index (χ3v) is 3.60. The van der Waals surface area contributed by atoms with Gasteiger partial charge in [-0.15, -0.1) is 0 Å². The molecule has 23 heavy (non-hydrogen) atoms. The molecule has 0 saturated carbocycles. The lowest BCUT2D eigenvalue weighted by atomic mass is 10.3. The molecule has 8 heteroatoms. The summed E-state index contributed by atoms with van der Waals surface area (Å²) in [4.78, 5) is 0. The van der Waals surface area contributed by atoms with E-state index in [2.05, 4.69) is 20.9 Å². The molecular weight excluding hydrogens is 334 g/mol. The number of hydrogen-bond donors (Lipinski definition) is 2. The molecule has 2 aromatic rings. The SMILES string of the molecule is COCCNC(=S)N/N=C/c1c(C)nn(-c2ccccc2)c1Cl. The van der Waals surface area contributed by atoms with Crippen LogP contribution in [0.5, 0.6) is 0 Å². The number of benzene rings is 1. The number of aryl methyl sites for hydroxylation is 1. The molecule has 2 rings (SSSR count). The molecule has 0 unspecified atom stereocenters. The van der Waals surface area contributed by atoms with Crippen LogP contribution in [-0.4, -0.2) is 41.4 Å². The minimum atomic E-state index is 0.419. The van der Waals surface area contributed by atoms with Gasteiger partial charge in [0.15, 0.2) is 5.11 Å². The number of nitrogens with one attached hydrogen (secondary N) is 2. The second-order valence-corrected chi connectivity index (χ2v) is 5.42. The van der Waals surface area contributed by atoms with E-state index in [1.54, 1.807) is 18.0 Å². The molecule has 0 aliphatic rings. The van der Waals surface area contributed by atoms with Crippen molar-refractivity contribution in [1.82, 2.24) is 20.5 Å². The highest BCUT2D eigenvalue weighted by atomic mass is 35.5. The Bertz CT molecular complexity index is 687. The van der Waals surface area contributed by atoms with Crippen molar-refractivity contribution >= 4 is 35.1 Å². The van der Waals surface area contributed by atoms with Crippen LogP contribution in [0.3, 0.4) is 0 Å². The largest absolute Gasteiger partial charge is 0.383 e. The summed E-state index contributed by atoms with van der Waals surface area (Å²) < 4.78 is 6.60. The molecule has 2 N–H and O–H groups in total. The van der Waals surface area contributed by atoms with Gasteiger partial charge in [0.2, 0.25) is 0 Å². The molecule has 0 atom stereocenters. The van der Waals surface area contributed by atoms with Crippen molar-refractivity contribution in [2.24, 2.45) is 5.10 Å². The van der Waals surface area contributed by atoms with Crippen molar-refractivity contribution in [2.45, 2.75) is 6.92 Å². The van der Waals surface area contributed by atoms with Gasteiger partial charge in [-0.05, 0) is 31.3 Å². The highest BCUT2D eigenvalue weighted by molar-refractivity contribution is 7.80. The van der Waals surface area contributed by atoms with E-state index in [9.17, 15) is 0 Å². The number of methoxy groups -OCH3 is 1. The Balaban J connectivity index is 2.05. The van der Waals surface area contributed by atoms with Gasteiger partial charge < -0.3 is 10.1 Å². The second-order valence-electron chi connectivity index (χ2n) is 4.66. The zero-order valence-electron chi connectivity index (χ0n) is 12.9. The molecular formula is C15H18ClN5OS. The predicted octanol–water partition coefficient (Wildman–Crippen LogP) is 2.28. The van der Waals surface area contributed by atoms with Crippen LogP contribution < -0.4 is 10.7 Å². The molecule has 0 aliphatic carbocycles. The normalized spacial score (nSPS) is 10.9.